The predicted octanol–water partition coefficient (Wildman–Crippen LogP) is 13.1. The molecule has 0 aromatic heterocycles. The largest absolute Gasteiger partial charge is 0.310 e. The van der Waals surface area contributed by atoms with Crippen LogP contribution >= 0.6 is 0 Å². The van der Waals surface area contributed by atoms with Crippen molar-refractivity contribution in [2.24, 2.45) is 0 Å². The minimum absolute atomic E-state index is 0.440. The lowest BCUT2D eigenvalue weighted by molar-refractivity contribution is 0.866. The number of rotatable bonds is 8. The van der Waals surface area contributed by atoms with E-state index in [1.54, 1.807) is 0 Å². The summed E-state index contributed by atoms with van der Waals surface area (Å²) in [6, 6.07) is 44.2. The third kappa shape index (κ3) is 6.44. The van der Waals surface area contributed by atoms with Crippen LogP contribution in [0.25, 0.3) is 10.8 Å². The van der Waals surface area contributed by atoms with Crippen LogP contribution in [0.1, 0.15) is 78.5 Å². The zero-order valence-corrected chi connectivity index (χ0v) is 29.5. The summed E-state index contributed by atoms with van der Waals surface area (Å²) in [4.78, 5) is 4.75. The third-order valence-electron chi connectivity index (χ3n) is 9.37. The van der Waals surface area contributed by atoms with Crippen LogP contribution in [0.4, 0.5) is 34.1 Å². The van der Waals surface area contributed by atoms with E-state index >= 15 is 0 Å². The van der Waals surface area contributed by atoms with E-state index in [1.807, 2.05) is 12.1 Å². The Morgan fingerprint density at radius 2 is 0.979 bits per heavy atom. The fraction of sp³-hybridized carbons (Fsp3) is 0.222. The summed E-state index contributed by atoms with van der Waals surface area (Å²) < 4.78 is 0. The second kappa shape index (κ2) is 13.4. The van der Waals surface area contributed by atoms with Crippen LogP contribution in [0.5, 0.6) is 0 Å². The van der Waals surface area contributed by atoms with Crippen LogP contribution in [0, 0.1) is 39.0 Å². The van der Waals surface area contributed by atoms with Gasteiger partial charge in [-0.2, -0.15) is 5.26 Å². The van der Waals surface area contributed by atoms with Crippen molar-refractivity contribution < 1.29 is 0 Å². The molecule has 0 amide bonds. The minimum atomic E-state index is 0.440. The average Bonchev–Trinajstić information content (AvgIpc) is 3.07. The molecular weight excluding hydrogens is 583 g/mol. The zero-order valence-electron chi connectivity index (χ0n) is 29.5. The maximum atomic E-state index is 9.96. The van der Waals surface area contributed by atoms with Crippen molar-refractivity contribution >= 4 is 44.9 Å². The molecule has 0 N–H and O–H groups in total. The molecule has 0 spiro atoms. The molecular formula is C45H45N3. The smallest absolute Gasteiger partial charge is 0.0991 e. The first-order valence-electron chi connectivity index (χ1n) is 17.0. The van der Waals surface area contributed by atoms with Crippen LogP contribution in [-0.2, 0) is 0 Å². The molecule has 0 aliphatic carbocycles. The van der Waals surface area contributed by atoms with Gasteiger partial charge in [-0.05, 0) is 128 Å². The number of nitrogens with zero attached hydrogens (tertiary/aromatic N) is 3. The Hall–Kier alpha value is -5.33. The first kappa shape index (κ1) is 32.6. The minimum Gasteiger partial charge on any atom is -0.310 e. The molecule has 6 rings (SSSR count). The Balaban J connectivity index is 1.68. The Kier molecular flexibility index (Phi) is 9.11. The zero-order chi connectivity index (χ0) is 34.1. The van der Waals surface area contributed by atoms with Crippen LogP contribution in [0.15, 0.2) is 115 Å². The normalized spacial score (nSPS) is 11.3. The van der Waals surface area contributed by atoms with Crippen LogP contribution in [0.3, 0.4) is 0 Å². The molecule has 3 nitrogen and oxygen atoms in total. The standard InChI is InChI=1S/C45H45N3/c1-29(2)36-12-16-39(17-13-36)47(43-21-9-31(5)23-33(43)7)41-26-38-25-35(28-46)11-20-42(38)45(27-41)48(44-22-10-32(6)24-34(44)8)40-18-14-37(15-19-40)30(3)4/h9-27,29-30H,1-8H3. The van der Waals surface area contributed by atoms with Gasteiger partial charge in [0.15, 0.2) is 0 Å². The van der Waals surface area contributed by atoms with Crippen molar-refractivity contribution in [3.63, 3.8) is 0 Å². The number of anilines is 6. The monoisotopic (exact) mass is 627 g/mol. The highest BCUT2D eigenvalue weighted by Gasteiger charge is 2.22. The molecule has 6 aromatic carbocycles. The summed E-state index contributed by atoms with van der Waals surface area (Å²) in [5, 5.41) is 12.1. The summed E-state index contributed by atoms with van der Waals surface area (Å²) in [7, 11) is 0. The fourth-order valence-corrected chi connectivity index (χ4v) is 6.68. The summed E-state index contributed by atoms with van der Waals surface area (Å²) in [5.74, 6) is 0.884. The molecule has 48 heavy (non-hydrogen) atoms. The van der Waals surface area contributed by atoms with Gasteiger partial charge in [-0.3, -0.25) is 0 Å². The van der Waals surface area contributed by atoms with Crippen LogP contribution < -0.4 is 9.80 Å². The van der Waals surface area contributed by atoms with E-state index in [1.165, 1.54) is 33.4 Å². The molecule has 0 radical (unpaired) electrons. The lowest BCUT2D eigenvalue weighted by Crippen LogP contribution is -2.15. The molecule has 240 valence electrons. The first-order valence-corrected chi connectivity index (χ1v) is 17.0. The van der Waals surface area contributed by atoms with Gasteiger partial charge < -0.3 is 9.80 Å². The maximum Gasteiger partial charge on any atom is 0.0991 e. The van der Waals surface area contributed by atoms with E-state index in [9.17, 15) is 5.26 Å². The van der Waals surface area contributed by atoms with Crippen molar-refractivity contribution in [1.82, 2.24) is 0 Å². The van der Waals surface area contributed by atoms with E-state index in [0.717, 1.165) is 44.9 Å². The summed E-state index contributed by atoms with van der Waals surface area (Å²) in [5.41, 5.74) is 14.6. The quantitative estimate of drug-likeness (QED) is 0.168. The molecule has 0 bridgehead atoms. The second-order valence-corrected chi connectivity index (χ2v) is 13.8. The van der Waals surface area contributed by atoms with E-state index in [0.29, 0.717) is 17.4 Å². The number of aryl methyl sites for hydroxylation is 4. The average molecular weight is 628 g/mol. The van der Waals surface area contributed by atoms with E-state index < -0.39 is 0 Å². The highest BCUT2D eigenvalue weighted by atomic mass is 15.2. The van der Waals surface area contributed by atoms with E-state index in [4.69, 9.17) is 0 Å². The van der Waals surface area contributed by atoms with Crippen molar-refractivity contribution in [3.05, 3.63) is 154 Å². The highest BCUT2D eigenvalue weighted by molar-refractivity contribution is 6.03. The van der Waals surface area contributed by atoms with Crippen molar-refractivity contribution in [2.75, 3.05) is 9.80 Å². The second-order valence-electron chi connectivity index (χ2n) is 13.8. The van der Waals surface area contributed by atoms with Gasteiger partial charge in [-0.1, -0.05) is 93.4 Å². The molecule has 0 saturated carbocycles. The van der Waals surface area contributed by atoms with Gasteiger partial charge in [-0.15, -0.1) is 0 Å². The lowest BCUT2D eigenvalue weighted by atomic mass is 9.99. The van der Waals surface area contributed by atoms with Gasteiger partial charge in [0.2, 0.25) is 0 Å². The van der Waals surface area contributed by atoms with Gasteiger partial charge in [-0.25, -0.2) is 0 Å². The predicted molar refractivity (Wildman–Crippen MR) is 205 cm³/mol. The Morgan fingerprint density at radius 3 is 1.46 bits per heavy atom. The summed E-state index contributed by atoms with van der Waals surface area (Å²) in [6.07, 6.45) is 0. The molecule has 0 aliphatic heterocycles. The summed E-state index contributed by atoms with van der Waals surface area (Å²) in [6.45, 7) is 17.6. The Bertz CT molecular complexity index is 2130. The molecule has 0 saturated heterocycles. The number of benzene rings is 6. The summed E-state index contributed by atoms with van der Waals surface area (Å²) >= 11 is 0. The number of hydrogen-bond donors (Lipinski definition) is 0. The first-order chi connectivity index (χ1) is 23.0. The third-order valence-corrected chi connectivity index (χ3v) is 9.37. The highest BCUT2D eigenvalue weighted by Crippen LogP contribution is 2.46. The Labute approximate surface area is 286 Å². The van der Waals surface area contributed by atoms with Crippen LogP contribution in [-0.4, -0.2) is 0 Å². The molecule has 6 aromatic rings. The number of hydrogen-bond acceptors (Lipinski definition) is 3. The van der Waals surface area contributed by atoms with E-state index in [2.05, 4.69) is 174 Å². The van der Waals surface area contributed by atoms with Gasteiger partial charge in [0.05, 0.1) is 17.3 Å². The van der Waals surface area contributed by atoms with Gasteiger partial charge in [0.25, 0.3) is 0 Å². The van der Waals surface area contributed by atoms with Crippen molar-refractivity contribution in [1.29, 1.82) is 5.26 Å². The van der Waals surface area contributed by atoms with Gasteiger partial charge in [0.1, 0.15) is 0 Å². The molecule has 0 aliphatic rings. The molecule has 0 fully saturated rings. The number of fused-ring (bicyclic) bond motifs is 1. The Morgan fingerprint density at radius 1 is 0.479 bits per heavy atom. The van der Waals surface area contributed by atoms with Gasteiger partial charge in [0, 0.05) is 33.8 Å². The fourth-order valence-electron chi connectivity index (χ4n) is 6.68. The topological polar surface area (TPSA) is 30.3 Å². The molecule has 3 heteroatoms. The lowest BCUT2D eigenvalue weighted by Gasteiger charge is -2.32. The van der Waals surface area contributed by atoms with Gasteiger partial charge >= 0.3 is 0 Å². The number of nitriles is 1. The van der Waals surface area contributed by atoms with Crippen molar-refractivity contribution in [2.45, 2.75) is 67.2 Å². The SMILES string of the molecule is Cc1ccc(N(c2ccc(C(C)C)cc2)c2cc(N(c3ccc(C(C)C)cc3)c3ccc(C)cc3C)c3ccc(C#N)cc3c2)c(C)c1. The molecule has 0 atom stereocenters. The van der Waals surface area contributed by atoms with Crippen LogP contribution in [0.2, 0.25) is 0 Å². The van der Waals surface area contributed by atoms with Crippen molar-refractivity contribution in [3.8, 4) is 6.07 Å². The maximum absolute atomic E-state index is 9.96. The van der Waals surface area contributed by atoms with E-state index in [-0.39, 0.29) is 0 Å². The molecule has 0 heterocycles. The molecule has 0 unspecified atom stereocenters.